The first kappa shape index (κ1) is 20.6. The first-order valence-electron chi connectivity index (χ1n) is 10.7. The van der Waals surface area contributed by atoms with Crippen LogP contribution in [0.1, 0.15) is 11.1 Å². The zero-order chi connectivity index (χ0) is 22.5. The highest BCUT2D eigenvalue weighted by molar-refractivity contribution is 5.88. The summed E-state index contributed by atoms with van der Waals surface area (Å²) in [4.78, 5) is 12.5. The smallest absolute Gasteiger partial charge is 0.284 e. The minimum Gasteiger partial charge on any atom is -0.489 e. The van der Waals surface area contributed by atoms with E-state index >= 15 is 0 Å². The minimum absolute atomic E-state index is 0.125. The van der Waals surface area contributed by atoms with Gasteiger partial charge in [-0.25, -0.2) is 5.43 Å². The quantitative estimate of drug-likeness (QED) is 0.350. The molecule has 1 aliphatic rings. The lowest BCUT2D eigenvalue weighted by atomic mass is 10.1. The molecular weight excluding hydrogens is 416 g/mol. The Morgan fingerprint density at radius 3 is 2.39 bits per heavy atom. The number of hydrogen-bond donors (Lipinski definition) is 1. The maximum Gasteiger partial charge on any atom is 0.284 e. The molecule has 6 heteroatoms. The van der Waals surface area contributed by atoms with Gasteiger partial charge in [-0.1, -0.05) is 54.6 Å². The molecule has 4 aromatic rings. The lowest BCUT2D eigenvalue weighted by molar-refractivity contribution is -0.130. The van der Waals surface area contributed by atoms with Crippen molar-refractivity contribution in [3.8, 4) is 17.2 Å². The van der Waals surface area contributed by atoms with Crippen LogP contribution in [-0.2, 0) is 11.4 Å². The minimum atomic E-state index is -0.774. The van der Waals surface area contributed by atoms with E-state index in [-0.39, 0.29) is 12.5 Å². The summed E-state index contributed by atoms with van der Waals surface area (Å²) in [6, 6.07) is 29.2. The summed E-state index contributed by atoms with van der Waals surface area (Å²) in [5, 5.41) is 6.13. The Bertz CT molecular complexity index is 1290. The Balaban J connectivity index is 1.15. The summed E-state index contributed by atoms with van der Waals surface area (Å²) in [6.07, 6.45) is 0.800. The van der Waals surface area contributed by atoms with Gasteiger partial charge in [-0.3, -0.25) is 4.79 Å². The van der Waals surface area contributed by atoms with Crippen LogP contribution in [0.2, 0.25) is 0 Å². The molecule has 0 spiro atoms. The van der Waals surface area contributed by atoms with E-state index < -0.39 is 6.10 Å². The first-order chi connectivity index (χ1) is 16.2. The van der Waals surface area contributed by atoms with Gasteiger partial charge >= 0.3 is 0 Å². The van der Waals surface area contributed by atoms with Crippen LogP contribution in [0.25, 0.3) is 10.8 Å². The van der Waals surface area contributed by atoms with Crippen LogP contribution in [0.4, 0.5) is 0 Å². The summed E-state index contributed by atoms with van der Waals surface area (Å²) >= 11 is 0. The van der Waals surface area contributed by atoms with E-state index in [9.17, 15) is 4.79 Å². The summed E-state index contributed by atoms with van der Waals surface area (Å²) in [7, 11) is 0. The van der Waals surface area contributed by atoms with Gasteiger partial charge in [0.05, 0.1) is 6.21 Å². The molecule has 5 rings (SSSR count). The third kappa shape index (κ3) is 4.96. The molecule has 1 heterocycles. The van der Waals surface area contributed by atoms with Gasteiger partial charge in [0.1, 0.15) is 19.0 Å². The van der Waals surface area contributed by atoms with Crippen LogP contribution in [-0.4, -0.2) is 24.8 Å². The number of nitrogens with zero attached hydrogens (tertiary/aromatic N) is 1. The van der Waals surface area contributed by atoms with E-state index in [1.165, 1.54) is 0 Å². The average Bonchev–Trinajstić information content (AvgIpc) is 2.87. The van der Waals surface area contributed by atoms with E-state index in [4.69, 9.17) is 14.2 Å². The lowest BCUT2D eigenvalue weighted by Crippen LogP contribution is -2.42. The maximum absolute atomic E-state index is 12.5. The Hall–Kier alpha value is -4.32. The van der Waals surface area contributed by atoms with Crippen molar-refractivity contribution in [2.45, 2.75) is 12.7 Å². The Morgan fingerprint density at radius 2 is 1.64 bits per heavy atom. The second kappa shape index (κ2) is 9.44. The molecule has 4 aromatic carbocycles. The Kier molecular flexibility index (Phi) is 5.89. The van der Waals surface area contributed by atoms with Gasteiger partial charge in [-0.05, 0) is 58.3 Å². The molecule has 0 radical (unpaired) electrons. The van der Waals surface area contributed by atoms with Crippen molar-refractivity contribution in [1.82, 2.24) is 5.43 Å². The molecule has 1 N–H and O–H groups in total. The van der Waals surface area contributed by atoms with E-state index in [0.29, 0.717) is 18.1 Å². The zero-order valence-electron chi connectivity index (χ0n) is 17.8. The van der Waals surface area contributed by atoms with Crippen LogP contribution < -0.4 is 19.6 Å². The number of amides is 1. The monoisotopic (exact) mass is 438 g/mol. The van der Waals surface area contributed by atoms with Crippen molar-refractivity contribution in [3.63, 3.8) is 0 Å². The maximum atomic E-state index is 12.5. The zero-order valence-corrected chi connectivity index (χ0v) is 17.8. The third-order valence-electron chi connectivity index (χ3n) is 5.28. The van der Waals surface area contributed by atoms with Crippen LogP contribution in [0.3, 0.4) is 0 Å². The number of hydrogen-bond acceptors (Lipinski definition) is 5. The summed E-state index contributed by atoms with van der Waals surface area (Å²) < 4.78 is 17.4. The number of ether oxygens (including phenoxy) is 3. The van der Waals surface area contributed by atoms with Crippen molar-refractivity contribution in [2.75, 3.05) is 6.61 Å². The standard InChI is InChI=1S/C27H22N2O4/c30-27(26-18-32-24-14-21-8-4-5-9-22(21)15-25(24)33-26)29-28-16-19-10-12-23(13-11-19)31-17-20-6-2-1-3-7-20/h1-16,26H,17-18H2,(H,29,30)/t26-/m1/s1. The highest BCUT2D eigenvalue weighted by Gasteiger charge is 2.27. The molecule has 0 bridgehead atoms. The average molecular weight is 438 g/mol. The van der Waals surface area contributed by atoms with Crippen molar-refractivity contribution >= 4 is 22.9 Å². The predicted octanol–water partition coefficient (Wildman–Crippen LogP) is 4.71. The summed E-state index contributed by atoms with van der Waals surface area (Å²) in [5.74, 6) is 1.58. The fourth-order valence-corrected chi connectivity index (χ4v) is 3.52. The molecule has 0 aliphatic carbocycles. The largest absolute Gasteiger partial charge is 0.489 e. The molecule has 1 atom stereocenters. The van der Waals surface area contributed by atoms with Crippen LogP contribution in [0.15, 0.2) is 96.1 Å². The highest BCUT2D eigenvalue weighted by Crippen LogP contribution is 2.35. The van der Waals surface area contributed by atoms with E-state index in [2.05, 4.69) is 10.5 Å². The second-order valence-corrected chi connectivity index (χ2v) is 7.64. The molecule has 164 valence electrons. The van der Waals surface area contributed by atoms with E-state index in [1.54, 1.807) is 6.21 Å². The number of nitrogens with one attached hydrogen (secondary N) is 1. The van der Waals surface area contributed by atoms with Gasteiger partial charge in [-0.2, -0.15) is 5.10 Å². The second-order valence-electron chi connectivity index (χ2n) is 7.64. The Morgan fingerprint density at radius 1 is 0.939 bits per heavy atom. The number of benzene rings is 4. The van der Waals surface area contributed by atoms with E-state index in [1.807, 2.05) is 91.0 Å². The normalized spacial score (nSPS) is 14.8. The van der Waals surface area contributed by atoms with Crippen LogP contribution >= 0.6 is 0 Å². The van der Waals surface area contributed by atoms with Gasteiger partial charge in [0, 0.05) is 0 Å². The van der Waals surface area contributed by atoms with Crippen LogP contribution in [0.5, 0.6) is 17.2 Å². The molecule has 1 aliphatic heterocycles. The fraction of sp³-hybridized carbons (Fsp3) is 0.111. The van der Waals surface area contributed by atoms with Gasteiger partial charge in [-0.15, -0.1) is 0 Å². The van der Waals surface area contributed by atoms with Crippen molar-refractivity contribution < 1.29 is 19.0 Å². The topological polar surface area (TPSA) is 69.2 Å². The predicted molar refractivity (Wildman–Crippen MR) is 127 cm³/mol. The third-order valence-corrected chi connectivity index (χ3v) is 5.28. The number of hydrazone groups is 1. The lowest BCUT2D eigenvalue weighted by Gasteiger charge is -2.25. The molecule has 0 saturated carbocycles. The molecule has 33 heavy (non-hydrogen) atoms. The van der Waals surface area contributed by atoms with E-state index in [0.717, 1.165) is 27.6 Å². The number of rotatable bonds is 6. The van der Waals surface area contributed by atoms with Gasteiger partial charge < -0.3 is 14.2 Å². The van der Waals surface area contributed by atoms with Gasteiger partial charge in [0.25, 0.3) is 5.91 Å². The molecule has 6 nitrogen and oxygen atoms in total. The van der Waals surface area contributed by atoms with Gasteiger partial charge in [0.15, 0.2) is 11.5 Å². The van der Waals surface area contributed by atoms with Crippen LogP contribution in [0, 0.1) is 0 Å². The number of carbonyl (C=O) groups is 1. The molecule has 0 unspecified atom stereocenters. The summed E-state index contributed by atoms with van der Waals surface area (Å²) in [5.41, 5.74) is 4.46. The first-order valence-corrected chi connectivity index (χ1v) is 10.7. The fourth-order valence-electron chi connectivity index (χ4n) is 3.52. The van der Waals surface area contributed by atoms with Crippen molar-refractivity contribution in [2.24, 2.45) is 5.10 Å². The van der Waals surface area contributed by atoms with Crippen molar-refractivity contribution in [1.29, 1.82) is 0 Å². The highest BCUT2D eigenvalue weighted by atomic mass is 16.6. The molecule has 0 saturated heterocycles. The SMILES string of the molecule is O=C(NN=Cc1ccc(OCc2ccccc2)cc1)[C@H]1COc2cc3ccccc3cc2O1. The Labute approximate surface area is 191 Å². The number of fused-ring (bicyclic) bond motifs is 2. The molecule has 0 aromatic heterocycles. The molecule has 0 fully saturated rings. The molecule has 1 amide bonds. The van der Waals surface area contributed by atoms with Gasteiger partial charge in [0.2, 0.25) is 6.10 Å². The number of carbonyl (C=O) groups excluding carboxylic acids is 1. The molecular formula is C27H22N2O4. The van der Waals surface area contributed by atoms with Crippen molar-refractivity contribution in [3.05, 3.63) is 102 Å². The summed E-state index contributed by atoms with van der Waals surface area (Å²) in [6.45, 7) is 0.632.